The van der Waals surface area contributed by atoms with Gasteiger partial charge in [-0.25, -0.2) is 4.79 Å². The van der Waals surface area contributed by atoms with Crippen molar-refractivity contribution in [2.24, 2.45) is 0 Å². The number of nitrogens with two attached hydrogens (primary N) is 1. The predicted octanol–water partition coefficient (Wildman–Crippen LogP) is 3.50. The summed E-state index contributed by atoms with van der Waals surface area (Å²) in [6, 6.07) is 12.5. The zero-order valence-electron chi connectivity index (χ0n) is 16.5. The van der Waals surface area contributed by atoms with Crippen molar-refractivity contribution in [1.29, 1.82) is 0 Å². The van der Waals surface area contributed by atoms with Crippen LogP contribution in [0.3, 0.4) is 0 Å². The molecule has 0 bridgehead atoms. The van der Waals surface area contributed by atoms with E-state index >= 15 is 0 Å². The van der Waals surface area contributed by atoms with Gasteiger partial charge < -0.3 is 10.5 Å². The zero-order chi connectivity index (χ0) is 21.0. The van der Waals surface area contributed by atoms with Crippen molar-refractivity contribution in [1.82, 2.24) is 4.57 Å². The van der Waals surface area contributed by atoms with E-state index in [0.717, 1.165) is 19.3 Å². The Balaban J connectivity index is 1.82. The van der Waals surface area contributed by atoms with E-state index in [0.29, 0.717) is 11.3 Å². The fourth-order valence-electron chi connectivity index (χ4n) is 4.54. The van der Waals surface area contributed by atoms with Crippen molar-refractivity contribution in [3.8, 4) is 5.69 Å². The molecule has 150 valence electrons. The van der Waals surface area contributed by atoms with Crippen LogP contribution < -0.4 is 5.73 Å². The summed E-state index contributed by atoms with van der Waals surface area (Å²) < 4.78 is 6.71. The lowest BCUT2D eigenvalue weighted by molar-refractivity contribution is 0.0525. The van der Waals surface area contributed by atoms with Gasteiger partial charge in [0.25, 0.3) is 0 Å². The number of anilines is 1. The molecule has 0 atom stereocenters. The number of ether oxygens (including phenoxy) is 1. The molecule has 0 amide bonds. The molecule has 2 N–H and O–H groups in total. The van der Waals surface area contributed by atoms with Crippen molar-refractivity contribution in [2.45, 2.75) is 26.2 Å². The number of carbonyl (C=O) groups excluding carboxylic acids is 3. The van der Waals surface area contributed by atoms with Crippen molar-refractivity contribution >= 4 is 23.4 Å². The monoisotopic (exact) mass is 400 g/mol. The fraction of sp³-hybridized carbons (Fsp3) is 0.208. The Hall–Kier alpha value is -3.67. The number of rotatable bonds is 3. The van der Waals surface area contributed by atoms with Gasteiger partial charge in [0.1, 0.15) is 17.1 Å². The molecule has 2 aromatic carbocycles. The fourth-order valence-corrected chi connectivity index (χ4v) is 4.54. The van der Waals surface area contributed by atoms with Crippen LogP contribution in [-0.2, 0) is 17.6 Å². The molecule has 6 heteroatoms. The number of carbonyl (C=O) groups is 3. The average Bonchev–Trinajstić information content (AvgIpc) is 3.33. The number of ketones is 2. The molecule has 0 radical (unpaired) electrons. The highest BCUT2D eigenvalue weighted by Crippen LogP contribution is 2.38. The first-order valence-corrected chi connectivity index (χ1v) is 10.0. The Bertz CT molecular complexity index is 1250. The molecule has 3 aromatic rings. The molecular weight excluding hydrogens is 380 g/mol. The average molecular weight is 400 g/mol. The van der Waals surface area contributed by atoms with E-state index in [4.69, 9.17) is 10.5 Å². The summed E-state index contributed by atoms with van der Waals surface area (Å²) in [6.07, 6.45) is 3.05. The van der Waals surface area contributed by atoms with Crippen LogP contribution in [0.4, 0.5) is 5.82 Å². The van der Waals surface area contributed by atoms with E-state index in [1.165, 1.54) is 15.7 Å². The molecule has 2 aliphatic carbocycles. The number of nitrogens with zero attached hydrogens (tertiary/aromatic N) is 1. The second kappa shape index (κ2) is 6.69. The summed E-state index contributed by atoms with van der Waals surface area (Å²) in [6.45, 7) is 1.82. The quantitative estimate of drug-likeness (QED) is 0.532. The lowest BCUT2D eigenvalue weighted by Crippen LogP contribution is -2.24. The predicted molar refractivity (Wildman–Crippen MR) is 111 cm³/mol. The van der Waals surface area contributed by atoms with Crippen LogP contribution in [0.1, 0.15) is 66.8 Å². The van der Waals surface area contributed by atoms with Gasteiger partial charge in [-0.2, -0.15) is 0 Å². The van der Waals surface area contributed by atoms with Crippen molar-refractivity contribution in [3.05, 3.63) is 81.5 Å². The normalized spacial score (nSPS) is 14.3. The largest absolute Gasteiger partial charge is 0.462 e. The Morgan fingerprint density at radius 1 is 1.03 bits per heavy atom. The summed E-state index contributed by atoms with van der Waals surface area (Å²) in [4.78, 5) is 39.5. The Morgan fingerprint density at radius 3 is 2.47 bits per heavy atom. The van der Waals surface area contributed by atoms with Crippen LogP contribution in [-0.4, -0.2) is 28.7 Å². The first-order chi connectivity index (χ1) is 14.5. The minimum absolute atomic E-state index is 0.0233. The van der Waals surface area contributed by atoms with E-state index in [2.05, 4.69) is 0 Å². The third kappa shape index (κ3) is 2.46. The Labute approximate surface area is 173 Å². The number of aromatic nitrogens is 1. The van der Waals surface area contributed by atoms with Gasteiger partial charge >= 0.3 is 5.97 Å². The van der Waals surface area contributed by atoms with Crippen LogP contribution in [0.25, 0.3) is 5.69 Å². The number of nitrogen functional groups attached to an aromatic ring is 1. The highest BCUT2D eigenvalue weighted by atomic mass is 16.5. The van der Waals surface area contributed by atoms with E-state index in [1.807, 2.05) is 18.2 Å². The molecule has 0 saturated heterocycles. The molecule has 1 aromatic heterocycles. The summed E-state index contributed by atoms with van der Waals surface area (Å²) in [5, 5.41) is 0. The van der Waals surface area contributed by atoms with Gasteiger partial charge in [-0.3, -0.25) is 14.2 Å². The smallest absolute Gasteiger partial charge is 0.342 e. The van der Waals surface area contributed by atoms with Gasteiger partial charge in [-0.15, -0.1) is 0 Å². The molecular formula is C24H20N2O4. The minimum atomic E-state index is -0.702. The molecule has 6 nitrogen and oxygen atoms in total. The number of hydrogen-bond donors (Lipinski definition) is 1. The summed E-state index contributed by atoms with van der Waals surface area (Å²) in [7, 11) is 0. The Kier molecular flexibility index (Phi) is 4.10. The van der Waals surface area contributed by atoms with E-state index < -0.39 is 11.8 Å². The third-order valence-corrected chi connectivity index (χ3v) is 5.89. The number of fused-ring (bicyclic) bond motifs is 3. The number of benzene rings is 2. The zero-order valence-corrected chi connectivity index (χ0v) is 16.5. The van der Waals surface area contributed by atoms with Gasteiger partial charge in [0.15, 0.2) is 5.78 Å². The standard InChI is InChI=1S/C24H20N2O4/c1-2-30-24(29)19-18-20(22(28)17-9-4-3-8-16(17)21(18)27)26(23(19)25)15-11-10-13-6-5-7-14(13)12-15/h3-4,8-12H,2,5-7,25H2,1H3. The second-order valence-corrected chi connectivity index (χ2v) is 7.55. The van der Waals surface area contributed by atoms with Crippen LogP contribution in [0.15, 0.2) is 42.5 Å². The van der Waals surface area contributed by atoms with Gasteiger partial charge in [0, 0.05) is 16.8 Å². The van der Waals surface area contributed by atoms with Gasteiger partial charge in [0.05, 0.1) is 12.2 Å². The number of hydrogen-bond acceptors (Lipinski definition) is 5. The summed E-state index contributed by atoms with van der Waals surface area (Å²) >= 11 is 0. The summed E-state index contributed by atoms with van der Waals surface area (Å²) in [5.41, 5.74) is 10.2. The minimum Gasteiger partial charge on any atom is -0.462 e. The van der Waals surface area contributed by atoms with Crippen LogP contribution in [0, 0.1) is 0 Å². The molecule has 0 unspecified atom stereocenters. The molecule has 0 spiro atoms. The van der Waals surface area contributed by atoms with Crippen molar-refractivity contribution in [2.75, 3.05) is 12.3 Å². The van der Waals surface area contributed by atoms with Crippen molar-refractivity contribution in [3.63, 3.8) is 0 Å². The van der Waals surface area contributed by atoms with Crippen LogP contribution in [0.2, 0.25) is 0 Å². The van der Waals surface area contributed by atoms with Gasteiger partial charge in [0.2, 0.25) is 5.78 Å². The second-order valence-electron chi connectivity index (χ2n) is 7.55. The maximum atomic E-state index is 13.4. The molecule has 2 aliphatic rings. The van der Waals surface area contributed by atoms with Gasteiger partial charge in [-0.1, -0.05) is 30.3 Å². The first kappa shape index (κ1) is 18.4. The third-order valence-electron chi connectivity index (χ3n) is 5.89. The lowest BCUT2D eigenvalue weighted by atomic mass is 9.86. The van der Waals surface area contributed by atoms with Gasteiger partial charge in [-0.05, 0) is 49.4 Å². The molecule has 0 aliphatic heterocycles. The molecule has 1 heterocycles. The van der Waals surface area contributed by atoms with E-state index in [-0.39, 0.29) is 40.6 Å². The Morgan fingerprint density at radius 2 is 1.73 bits per heavy atom. The first-order valence-electron chi connectivity index (χ1n) is 10.0. The van der Waals surface area contributed by atoms with Crippen LogP contribution >= 0.6 is 0 Å². The van der Waals surface area contributed by atoms with Crippen molar-refractivity contribution < 1.29 is 19.1 Å². The topological polar surface area (TPSA) is 91.4 Å². The maximum Gasteiger partial charge on any atom is 0.342 e. The highest BCUT2D eigenvalue weighted by Gasteiger charge is 2.40. The molecule has 0 saturated carbocycles. The number of esters is 1. The summed E-state index contributed by atoms with van der Waals surface area (Å²) in [5.74, 6) is -1.38. The number of aryl methyl sites for hydroxylation is 2. The highest BCUT2D eigenvalue weighted by molar-refractivity contribution is 6.31. The van der Waals surface area contributed by atoms with E-state index in [9.17, 15) is 14.4 Å². The molecule has 30 heavy (non-hydrogen) atoms. The molecule has 0 fully saturated rings. The molecule has 5 rings (SSSR count). The SMILES string of the molecule is CCOC(=O)c1c2c(n(-c3ccc4c(c3)CCC4)c1N)C(=O)c1ccccc1C2=O. The van der Waals surface area contributed by atoms with Crippen LogP contribution in [0.5, 0.6) is 0 Å². The maximum absolute atomic E-state index is 13.4. The van der Waals surface area contributed by atoms with E-state index in [1.54, 1.807) is 31.2 Å². The lowest BCUT2D eigenvalue weighted by Gasteiger charge is -2.18.